The highest BCUT2D eigenvalue weighted by Crippen LogP contribution is 2.21. The summed E-state index contributed by atoms with van der Waals surface area (Å²) in [7, 11) is 0. The van der Waals surface area contributed by atoms with E-state index in [1.807, 2.05) is 4.90 Å². The molecule has 1 heterocycles. The van der Waals surface area contributed by atoms with Gasteiger partial charge in [0.05, 0.1) is 0 Å². The number of amides is 2. The van der Waals surface area contributed by atoms with Gasteiger partial charge in [0.2, 0.25) is 0 Å². The van der Waals surface area contributed by atoms with Crippen LogP contribution in [0.15, 0.2) is 0 Å². The molecule has 4 nitrogen and oxygen atoms in total. The van der Waals surface area contributed by atoms with Gasteiger partial charge in [-0.2, -0.15) is 0 Å². The number of nitrogens with zero attached hydrogens (tertiary/aromatic N) is 1. The molecule has 1 saturated heterocycles. The van der Waals surface area contributed by atoms with Gasteiger partial charge in [0.25, 0.3) is 0 Å². The first-order valence-electron chi connectivity index (χ1n) is 8.23. The maximum absolute atomic E-state index is 12.5. The standard InChI is InChI=1S/C16H28N2O2/c1-13(19)12-15-10-6-3-7-11-18(15)16(20)17-14-8-4-2-5-9-14/h14-15H,2-12H2,1H3,(H,17,20). The van der Waals surface area contributed by atoms with Crippen molar-refractivity contribution in [3.05, 3.63) is 0 Å². The zero-order valence-corrected chi connectivity index (χ0v) is 12.7. The molecule has 1 aliphatic heterocycles. The SMILES string of the molecule is CC(=O)CC1CCCCCN1C(=O)NC1CCCCC1. The molecule has 1 N–H and O–H groups in total. The first kappa shape index (κ1) is 15.3. The maximum atomic E-state index is 12.5. The fourth-order valence-electron chi connectivity index (χ4n) is 3.49. The lowest BCUT2D eigenvalue weighted by molar-refractivity contribution is -0.118. The summed E-state index contributed by atoms with van der Waals surface area (Å²) in [5.41, 5.74) is 0. The van der Waals surface area contributed by atoms with Crippen molar-refractivity contribution in [1.29, 1.82) is 0 Å². The summed E-state index contributed by atoms with van der Waals surface area (Å²) in [5.74, 6) is 0.187. The van der Waals surface area contributed by atoms with Gasteiger partial charge < -0.3 is 10.2 Å². The number of urea groups is 1. The van der Waals surface area contributed by atoms with Gasteiger partial charge in [-0.3, -0.25) is 4.79 Å². The van der Waals surface area contributed by atoms with Crippen LogP contribution in [0.4, 0.5) is 4.79 Å². The number of ketones is 1. The van der Waals surface area contributed by atoms with Crippen molar-refractivity contribution in [3.8, 4) is 0 Å². The van der Waals surface area contributed by atoms with E-state index < -0.39 is 0 Å². The number of carbonyl (C=O) groups excluding carboxylic acids is 2. The third-order valence-electron chi connectivity index (χ3n) is 4.59. The minimum Gasteiger partial charge on any atom is -0.335 e. The number of Topliss-reactive ketones (excluding diaryl/α,β-unsaturated/α-hetero) is 1. The second-order valence-electron chi connectivity index (χ2n) is 6.39. The summed E-state index contributed by atoms with van der Waals surface area (Å²) in [5, 5.41) is 3.20. The fourth-order valence-corrected chi connectivity index (χ4v) is 3.49. The van der Waals surface area contributed by atoms with E-state index >= 15 is 0 Å². The molecule has 4 heteroatoms. The molecule has 0 aromatic rings. The van der Waals surface area contributed by atoms with Crippen molar-refractivity contribution in [2.24, 2.45) is 0 Å². The van der Waals surface area contributed by atoms with Crippen LogP contribution in [0.3, 0.4) is 0 Å². The number of hydrogen-bond acceptors (Lipinski definition) is 2. The Kier molecular flexibility index (Phi) is 5.86. The molecule has 0 spiro atoms. The molecule has 0 radical (unpaired) electrons. The first-order valence-corrected chi connectivity index (χ1v) is 8.23. The monoisotopic (exact) mass is 280 g/mol. The molecule has 2 rings (SSSR count). The van der Waals surface area contributed by atoms with Crippen LogP contribution in [0.25, 0.3) is 0 Å². The third kappa shape index (κ3) is 4.50. The highest BCUT2D eigenvalue weighted by molar-refractivity contribution is 5.79. The molecular formula is C16H28N2O2. The summed E-state index contributed by atoms with van der Waals surface area (Å²) in [6.07, 6.45) is 10.8. The number of nitrogens with one attached hydrogen (secondary N) is 1. The van der Waals surface area contributed by atoms with Gasteiger partial charge in [-0.05, 0) is 32.6 Å². The molecule has 2 fully saturated rings. The topological polar surface area (TPSA) is 49.4 Å². The van der Waals surface area contributed by atoms with Crippen LogP contribution >= 0.6 is 0 Å². The lowest BCUT2D eigenvalue weighted by atomic mass is 9.95. The van der Waals surface area contributed by atoms with E-state index in [9.17, 15) is 9.59 Å². The molecule has 20 heavy (non-hydrogen) atoms. The normalized spacial score (nSPS) is 25.1. The Balaban J connectivity index is 1.93. The molecular weight excluding hydrogens is 252 g/mol. The van der Waals surface area contributed by atoms with Crippen LogP contribution < -0.4 is 5.32 Å². The smallest absolute Gasteiger partial charge is 0.317 e. The lowest BCUT2D eigenvalue weighted by Crippen LogP contribution is -2.50. The van der Waals surface area contributed by atoms with Crippen molar-refractivity contribution in [2.75, 3.05) is 6.54 Å². The second kappa shape index (κ2) is 7.65. The Morgan fingerprint density at radius 3 is 2.35 bits per heavy atom. The van der Waals surface area contributed by atoms with Crippen molar-refractivity contribution in [2.45, 2.75) is 83.2 Å². The second-order valence-corrected chi connectivity index (χ2v) is 6.39. The van der Waals surface area contributed by atoms with Crippen molar-refractivity contribution < 1.29 is 9.59 Å². The van der Waals surface area contributed by atoms with Crippen LogP contribution in [-0.4, -0.2) is 35.3 Å². The Labute approximate surface area is 122 Å². The number of hydrogen-bond donors (Lipinski definition) is 1. The Hall–Kier alpha value is -1.06. The number of likely N-dealkylation sites (tertiary alicyclic amines) is 1. The Morgan fingerprint density at radius 2 is 1.65 bits per heavy atom. The Bertz CT molecular complexity index is 337. The highest BCUT2D eigenvalue weighted by atomic mass is 16.2. The minimum absolute atomic E-state index is 0.0602. The molecule has 0 bridgehead atoms. The predicted octanol–water partition coefficient (Wildman–Crippen LogP) is 3.25. The van der Waals surface area contributed by atoms with Gasteiger partial charge in [-0.25, -0.2) is 4.79 Å². The van der Waals surface area contributed by atoms with Gasteiger partial charge >= 0.3 is 6.03 Å². The average Bonchev–Trinajstić information content (AvgIpc) is 2.64. The van der Waals surface area contributed by atoms with E-state index in [2.05, 4.69) is 5.32 Å². The molecule has 1 atom stereocenters. The van der Waals surface area contributed by atoms with Gasteiger partial charge in [-0.15, -0.1) is 0 Å². The number of rotatable bonds is 3. The molecule has 1 unspecified atom stereocenters. The van der Waals surface area contributed by atoms with Crippen LogP contribution in [0, 0.1) is 0 Å². The minimum atomic E-state index is 0.0602. The van der Waals surface area contributed by atoms with Gasteiger partial charge in [-0.1, -0.05) is 32.1 Å². The van der Waals surface area contributed by atoms with Crippen LogP contribution in [0.2, 0.25) is 0 Å². The third-order valence-corrected chi connectivity index (χ3v) is 4.59. The maximum Gasteiger partial charge on any atom is 0.317 e. The van der Waals surface area contributed by atoms with Crippen molar-refractivity contribution in [3.63, 3.8) is 0 Å². The van der Waals surface area contributed by atoms with Crippen molar-refractivity contribution >= 4 is 11.8 Å². The molecule has 1 aliphatic carbocycles. The van der Waals surface area contributed by atoms with Crippen LogP contribution in [0.1, 0.15) is 71.1 Å². The Morgan fingerprint density at radius 1 is 1.00 bits per heavy atom. The van der Waals surface area contributed by atoms with E-state index in [1.165, 1.54) is 25.7 Å². The number of carbonyl (C=O) groups is 2. The summed E-state index contributed by atoms with van der Waals surface area (Å²) in [6.45, 7) is 2.43. The van der Waals surface area contributed by atoms with Crippen LogP contribution in [-0.2, 0) is 4.79 Å². The largest absolute Gasteiger partial charge is 0.335 e. The van der Waals surface area contributed by atoms with E-state index in [0.29, 0.717) is 12.5 Å². The average molecular weight is 280 g/mol. The highest BCUT2D eigenvalue weighted by Gasteiger charge is 2.28. The van der Waals surface area contributed by atoms with Gasteiger partial charge in [0.1, 0.15) is 5.78 Å². The molecule has 2 aliphatic rings. The van der Waals surface area contributed by atoms with Crippen molar-refractivity contribution in [1.82, 2.24) is 10.2 Å². The lowest BCUT2D eigenvalue weighted by Gasteiger charge is -2.32. The summed E-state index contributed by atoms with van der Waals surface area (Å²) < 4.78 is 0. The fraction of sp³-hybridized carbons (Fsp3) is 0.875. The van der Waals surface area contributed by atoms with Crippen LogP contribution in [0.5, 0.6) is 0 Å². The molecule has 0 aromatic heterocycles. The van der Waals surface area contributed by atoms with E-state index in [0.717, 1.165) is 38.6 Å². The summed E-state index contributed by atoms with van der Waals surface area (Å²) in [6, 6.07) is 0.515. The first-order chi connectivity index (χ1) is 9.66. The molecule has 114 valence electrons. The molecule has 2 amide bonds. The van der Waals surface area contributed by atoms with E-state index in [-0.39, 0.29) is 17.9 Å². The predicted molar refractivity (Wildman–Crippen MR) is 79.7 cm³/mol. The zero-order valence-electron chi connectivity index (χ0n) is 12.7. The molecule has 0 aromatic carbocycles. The van der Waals surface area contributed by atoms with E-state index in [1.54, 1.807) is 6.92 Å². The summed E-state index contributed by atoms with van der Waals surface area (Å²) >= 11 is 0. The van der Waals surface area contributed by atoms with E-state index in [4.69, 9.17) is 0 Å². The summed E-state index contributed by atoms with van der Waals surface area (Å²) in [4.78, 5) is 25.9. The van der Waals surface area contributed by atoms with Gasteiger partial charge in [0.15, 0.2) is 0 Å². The van der Waals surface area contributed by atoms with Gasteiger partial charge in [0, 0.05) is 25.0 Å². The zero-order chi connectivity index (χ0) is 14.4. The molecule has 1 saturated carbocycles. The quantitative estimate of drug-likeness (QED) is 0.862.